The molecule has 3 fully saturated rings. The predicted octanol–water partition coefficient (Wildman–Crippen LogP) is 2.87. The largest absolute Gasteiger partial charge is 0.359 e. The van der Waals surface area contributed by atoms with Gasteiger partial charge in [0.25, 0.3) is 0 Å². The second-order valence-corrected chi connectivity index (χ2v) is 7.47. The highest BCUT2D eigenvalue weighted by Gasteiger charge is 2.39. The van der Waals surface area contributed by atoms with Crippen LogP contribution in [0.3, 0.4) is 0 Å². The van der Waals surface area contributed by atoms with Crippen molar-refractivity contribution in [1.82, 2.24) is 10.2 Å². The molecule has 0 aromatic carbocycles. The predicted molar refractivity (Wildman–Crippen MR) is 84.0 cm³/mol. The monoisotopic (exact) mass is 281 g/mol. The van der Waals surface area contributed by atoms with Crippen LogP contribution < -0.4 is 5.32 Å². The molecule has 0 unspecified atom stereocenters. The Balaban J connectivity index is 1.43. The van der Waals surface area contributed by atoms with Crippen LogP contribution in [0.1, 0.15) is 51.4 Å². The van der Waals surface area contributed by atoms with E-state index < -0.39 is 0 Å². The van der Waals surface area contributed by atoms with Crippen molar-refractivity contribution in [2.24, 2.45) is 4.99 Å². The van der Waals surface area contributed by atoms with Gasteiger partial charge in [0.15, 0.2) is 5.17 Å². The molecule has 108 valence electrons. The first-order valence-electron chi connectivity index (χ1n) is 7.93. The Hall–Kier alpha value is -0.220. The van der Waals surface area contributed by atoms with Crippen molar-refractivity contribution in [2.45, 2.75) is 62.9 Å². The fraction of sp³-hybridized carbons (Fsp3) is 0.933. The molecule has 3 rings (SSSR count). The lowest BCUT2D eigenvalue weighted by Crippen LogP contribution is -2.40. The van der Waals surface area contributed by atoms with E-state index in [2.05, 4.69) is 17.3 Å². The number of rotatable bonds is 4. The van der Waals surface area contributed by atoms with Crippen LogP contribution in [0.25, 0.3) is 0 Å². The maximum atomic E-state index is 4.78. The lowest BCUT2D eigenvalue weighted by atomic mass is 10.0. The van der Waals surface area contributed by atoms with Crippen molar-refractivity contribution in [3.63, 3.8) is 0 Å². The fourth-order valence-electron chi connectivity index (χ4n) is 3.75. The van der Waals surface area contributed by atoms with Crippen molar-refractivity contribution < 1.29 is 0 Å². The molecule has 1 spiro atoms. The first-order chi connectivity index (χ1) is 9.27. The Morgan fingerprint density at radius 1 is 1.26 bits per heavy atom. The molecule has 3 aliphatic rings. The van der Waals surface area contributed by atoms with Gasteiger partial charge in [-0.15, -0.1) is 0 Å². The summed E-state index contributed by atoms with van der Waals surface area (Å²) in [5, 5.41) is 4.91. The van der Waals surface area contributed by atoms with Gasteiger partial charge in [-0.3, -0.25) is 4.99 Å². The van der Waals surface area contributed by atoms with Crippen molar-refractivity contribution >= 4 is 16.9 Å². The number of nitrogens with zero attached hydrogens (tertiary/aromatic N) is 2. The van der Waals surface area contributed by atoms with Gasteiger partial charge in [0.2, 0.25) is 0 Å². The van der Waals surface area contributed by atoms with Gasteiger partial charge in [-0.05, 0) is 32.7 Å². The second-order valence-electron chi connectivity index (χ2n) is 6.51. The van der Waals surface area contributed by atoms with Gasteiger partial charge in [0, 0.05) is 23.9 Å². The number of hydrogen-bond donors (Lipinski definition) is 1. The molecule has 0 bridgehead atoms. The third-order valence-electron chi connectivity index (χ3n) is 5.07. The molecular weight excluding hydrogens is 254 g/mol. The van der Waals surface area contributed by atoms with Crippen LogP contribution in [0.5, 0.6) is 0 Å². The number of hydrogen-bond acceptors (Lipinski definition) is 3. The molecular formula is C15H27N3S. The fourth-order valence-corrected chi connectivity index (χ4v) is 4.99. The van der Waals surface area contributed by atoms with Gasteiger partial charge in [0.05, 0.1) is 6.54 Å². The Bertz CT molecular complexity index is 330. The van der Waals surface area contributed by atoms with Gasteiger partial charge in [-0.1, -0.05) is 37.4 Å². The second kappa shape index (κ2) is 6.04. The summed E-state index contributed by atoms with van der Waals surface area (Å²) in [4.78, 5) is 7.30. The van der Waals surface area contributed by atoms with Gasteiger partial charge < -0.3 is 10.2 Å². The zero-order valence-corrected chi connectivity index (χ0v) is 13.0. The maximum Gasteiger partial charge on any atom is 0.157 e. The first kappa shape index (κ1) is 13.7. The Kier molecular flexibility index (Phi) is 4.37. The lowest BCUT2D eigenvalue weighted by molar-refractivity contribution is 0.252. The summed E-state index contributed by atoms with van der Waals surface area (Å²) in [5.74, 6) is 1.24. The minimum Gasteiger partial charge on any atom is -0.359 e. The van der Waals surface area contributed by atoms with E-state index >= 15 is 0 Å². The standard InChI is InChI=1S/C15H27N3S/c1-18(13-6-2-3-7-13)11-10-16-14-17-15(12-19-14)8-4-5-9-15/h13H,2-12H2,1H3,(H,16,17). The molecule has 0 amide bonds. The van der Waals surface area contributed by atoms with Gasteiger partial charge >= 0.3 is 0 Å². The summed E-state index contributed by atoms with van der Waals surface area (Å²) in [6.07, 6.45) is 11.1. The molecule has 1 saturated heterocycles. The Morgan fingerprint density at radius 3 is 2.74 bits per heavy atom. The molecule has 2 aliphatic carbocycles. The molecule has 19 heavy (non-hydrogen) atoms. The SMILES string of the molecule is CN(CCN=C1NC2(CCCC2)CS1)C1CCCC1. The summed E-state index contributed by atoms with van der Waals surface area (Å²) in [6.45, 7) is 2.07. The van der Waals surface area contributed by atoms with Gasteiger partial charge in [0.1, 0.15) is 0 Å². The van der Waals surface area contributed by atoms with Crippen LogP contribution in [-0.2, 0) is 0 Å². The molecule has 4 heteroatoms. The van der Waals surface area contributed by atoms with Crippen LogP contribution in [-0.4, -0.2) is 47.5 Å². The highest BCUT2D eigenvalue weighted by atomic mass is 32.2. The van der Waals surface area contributed by atoms with Crippen LogP contribution in [0.4, 0.5) is 0 Å². The molecule has 0 atom stereocenters. The van der Waals surface area contributed by atoms with E-state index in [9.17, 15) is 0 Å². The molecule has 3 nitrogen and oxygen atoms in total. The van der Waals surface area contributed by atoms with E-state index in [4.69, 9.17) is 4.99 Å². The van der Waals surface area contributed by atoms with Crippen molar-refractivity contribution in [3.8, 4) is 0 Å². The topological polar surface area (TPSA) is 27.6 Å². The lowest BCUT2D eigenvalue weighted by Gasteiger charge is -2.23. The van der Waals surface area contributed by atoms with Crippen LogP contribution in [0.15, 0.2) is 4.99 Å². The number of aliphatic imine (C=N–C) groups is 1. The zero-order valence-electron chi connectivity index (χ0n) is 12.2. The summed E-state index contributed by atoms with van der Waals surface area (Å²) < 4.78 is 0. The average Bonchev–Trinajstić information content (AvgIpc) is 3.14. The van der Waals surface area contributed by atoms with E-state index in [-0.39, 0.29) is 0 Å². The molecule has 2 saturated carbocycles. The molecule has 1 heterocycles. The highest BCUT2D eigenvalue weighted by molar-refractivity contribution is 8.14. The van der Waals surface area contributed by atoms with E-state index in [1.807, 2.05) is 11.8 Å². The quantitative estimate of drug-likeness (QED) is 0.858. The van der Waals surface area contributed by atoms with Gasteiger partial charge in [-0.25, -0.2) is 0 Å². The van der Waals surface area contributed by atoms with Crippen LogP contribution in [0, 0.1) is 0 Å². The number of likely N-dealkylation sites (N-methyl/N-ethyl adjacent to an activating group) is 1. The van der Waals surface area contributed by atoms with E-state index in [1.165, 1.54) is 62.3 Å². The van der Waals surface area contributed by atoms with Gasteiger partial charge in [-0.2, -0.15) is 0 Å². The van der Waals surface area contributed by atoms with E-state index in [1.54, 1.807) is 0 Å². The third kappa shape index (κ3) is 3.27. The highest BCUT2D eigenvalue weighted by Crippen LogP contribution is 2.37. The Morgan fingerprint density at radius 2 is 2.00 bits per heavy atom. The minimum atomic E-state index is 0.418. The van der Waals surface area contributed by atoms with Crippen molar-refractivity contribution in [1.29, 1.82) is 0 Å². The molecule has 0 radical (unpaired) electrons. The van der Waals surface area contributed by atoms with Crippen LogP contribution in [0.2, 0.25) is 0 Å². The Labute approximate surface area is 121 Å². The first-order valence-corrected chi connectivity index (χ1v) is 8.92. The normalized spacial score (nSPS) is 28.8. The number of nitrogens with one attached hydrogen (secondary N) is 1. The number of amidine groups is 1. The molecule has 0 aromatic rings. The van der Waals surface area contributed by atoms with E-state index in [0.717, 1.165) is 19.1 Å². The molecule has 1 aliphatic heterocycles. The van der Waals surface area contributed by atoms with E-state index in [0.29, 0.717) is 5.54 Å². The summed E-state index contributed by atoms with van der Waals surface area (Å²) in [5.41, 5.74) is 0.418. The summed E-state index contributed by atoms with van der Waals surface area (Å²) >= 11 is 1.94. The number of thioether (sulfide) groups is 1. The zero-order chi connectivity index (χ0) is 13.1. The van der Waals surface area contributed by atoms with Crippen LogP contribution >= 0.6 is 11.8 Å². The van der Waals surface area contributed by atoms with Crippen molar-refractivity contribution in [3.05, 3.63) is 0 Å². The summed E-state index contributed by atoms with van der Waals surface area (Å²) in [6, 6.07) is 0.825. The van der Waals surface area contributed by atoms with Crippen molar-refractivity contribution in [2.75, 3.05) is 25.9 Å². The molecule has 0 aromatic heterocycles. The minimum absolute atomic E-state index is 0.418. The smallest absolute Gasteiger partial charge is 0.157 e. The third-order valence-corrected chi connectivity index (χ3v) is 6.28. The maximum absolute atomic E-state index is 4.78. The summed E-state index contributed by atoms with van der Waals surface area (Å²) in [7, 11) is 2.27. The molecule has 1 N–H and O–H groups in total. The average molecular weight is 281 g/mol.